The predicted octanol–water partition coefficient (Wildman–Crippen LogP) is 0.588. The zero-order chi connectivity index (χ0) is 13.4. The van der Waals surface area contributed by atoms with E-state index in [1.807, 2.05) is 0 Å². The van der Waals surface area contributed by atoms with Gasteiger partial charge in [-0.3, -0.25) is 4.79 Å². The Hall–Kier alpha value is -1.20. The zero-order valence-electron chi connectivity index (χ0n) is 10.5. The number of ether oxygens (including phenoxy) is 1. The first-order valence-corrected chi connectivity index (χ1v) is 5.56. The van der Waals surface area contributed by atoms with Crippen molar-refractivity contribution >= 4 is 11.8 Å². The van der Waals surface area contributed by atoms with Crippen molar-refractivity contribution < 1.29 is 24.5 Å². The highest BCUT2D eigenvalue weighted by molar-refractivity contribution is 5.96. The Morgan fingerprint density at radius 1 is 1.29 bits per heavy atom. The van der Waals surface area contributed by atoms with Crippen molar-refractivity contribution in [2.24, 2.45) is 0 Å². The quantitative estimate of drug-likeness (QED) is 0.506. The number of hydrogen-bond donors (Lipinski definition) is 2. The van der Waals surface area contributed by atoms with Gasteiger partial charge in [0.1, 0.15) is 18.5 Å². The van der Waals surface area contributed by atoms with Crippen molar-refractivity contribution in [2.45, 2.75) is 39.7 Å². The van der Waals surface area contributed by atoms with Crippen molar-refractivity contribution in [3.05, 3.63) is 11.1 Å². The second-order valence-corrected chi connectivity index (χ2v) is 3.98. The molecule has 0 saturated carbocycles. The van der Waals surface area contributed by atoms with Gasteiger partial charge in [-0.25, -0.2) is 4.79 Å². The Morgan fingerprint density at radius 3 is 2.29 bits per heavy atom. The third kappa shape index (κ3) is 6.19. The Bertz CT molecular complexity index is 302. The molecule has 5 nitrogen and oxygen atoms in total. The summed E-state index contributed by atoms with van der Waals surface area (Å²) in [6, 6.07) is 0. The van der Waals surface area contributed by atoms with Crippen LogP contribution in [0.3, 0.4) is 0 Å². The standard InChI is InChI=1S/C12H20O5/c1-4-9(14)5-11(8(2)3)12(16)17-7-10(15)6-13/h10,13,15H,4-7H2,1-3H3. The maximum Gasteiger partial charge on any atom is 0.334 e. The van der Waals surface area contributed by atoms with Gasteiger partial charge in [0, 0.05) is 18.4 Å². The number of hydrogen-bond acceptors (Lipinski definition) is 5. The fraction of sp³-hybridized carbons (Fsp3) is 0.667. The first-order chi connectivity index (χ1) is 7.92. The van der Waals surface area contributed by atoms with Crippen LogP contribution in [0, 0.1) is 0 Å². The van der Waals surface area contributed by atoms with E-state index >= 15 is 0 Å². The van der Waals surface area contributed by atoms with Crippen LogP contribution in [0.4, 0.5) is 0 Å². The van der Waals surface area contributed by atoms with Crippen LogP contribution >= 0.6 is 0 Å². The van der Waals surface area contributed by atoms with Crippen molar-refractivity contribution in [1.29, 1.82) is 0 Å². The van der Waals surface area contributed by atoms with Crippen LogP contribution in [0.15, 0.2) is 11.1 Å². The third-order valence-corrected chi connectivity index (χ3v) is 2.24. The van der Waals surface area contributed by atoms with E-state index in [9.17, 15) is 9.59 Å². The van der Waals surface area contributed by atoms with Crippen molar-refractivity contribution in [3.8, 4) is 0 Å². The van der Waals surface area contributed by atoms with Gasteiger partial charge in [-0.1, -0.05) is 12.5 Å². The molecule has 0 aliphatic heterocycles. The summed E-state index contributed by atoms with van der Waals surface area (Å²) >= 11 is 0. The summed E-state index contributed by atoms with van der Waals surface area (Å²) < 4.78 is 4.80. The molecule has 0 radical (unpaired) electrons. The molecule has 0 bridgehead atoms. The van der Waals surface area contributed by atoms with Gasteiger partial charge in [0.25, 0.3) is 0 Å². The topological polar surface area (TPSA) is 83.8 Å². The summed E-state index contributed by atoms with van der Waals surface area (Å²) in [5.41, 5.74) is 1.04. The number of allylic oxidation sites excluding steroid dienone is 1. The molecule has 0 fully saturated rings. The molecule has 0 spiro atoms. The van der Waals surface area contributed by atoms with Crippen molar-refractivity contribution in [2.75, 3.05) is 13.2 Å². The lowest BCUT2D eigenvalue weighted by Crippen LogP contribution is -2.23. The fourth-order valence-electron chi connectivity index (χ4n) is 1.09. The maximum absolute atomic E-state index is 11.6. The Kier molecular flexibility index (Phi) is 7.41. The Morgan fingerprint density at radius 2 is 1.88 bits per heavy atom. The molecule has 0 aliphatic rings. The number of carbonyl (C=O) groups excluding carboxylic acids is 2. The molecule has 0 saturated heterocycles. The molecule has 98 valence electrons. The van der Waals surface area contributed by atoms with E-state index < -0.39 is 18.7 Å². The van der Waals surface area contributed by atoms with Gasteiger partial charge in [0.2, 0.25) is 0 Å². The van der Waals surface area contributed by atoms with Gasteiger partial charge in [-0.15, -0.1) is 0 Å². The van der Waals surface area contributed by atoms with E-state index in [1.54, 1.807) is 20.8 Å². The van der Waals surface area contributed by atoms with Crippen molar-refractivity contribution in [1.82, 2.24) is 0 Å². The molecule has 0 amide bonds. The number of ketones is 1. The minimum atomic E-state index is -1.08. The minimum Gasteiger partial charge on any atom is -0.459 e. The summed E-state index contributed by atoms with van der Waals surface area (Å²) in [5, 5.41) is 17.6. The normalized spacial score (nSPS) is 11.8. The van der Waals surface area contributed by atoms with Crippen LogP contribution in [0.2, 0.25) is 0 Å². The number of rotatable bonds is 7. The Balaban J connectivity index is 4.48. The maximum atomic E-state index is 11.6. The van der Waals surface area contributed by atoms with Crippen LogP contribution in [0.1, 0.15) is 33.6 Å². The SMILES string of the molecule is CCC(=O)CC(C(=O)OCC(O)CO)=C(C)C. The molecular formula is C12H20O5. The minimum absolute atomic E-state index is 0.0409. The van der Waals surface area contributed by atoms with E-state index in [4.69, 9.17) is 14.9 Å². The smallest absolute Gasteiger partial charge is 0.334 e. The number of esters is 1. The van der Waals surface area contributed by atoms with Gasteiger partial charge in [0.15, 0.2) is 0 Å². The molecule has 0 aliphatic carbocycles. The molecular weight excluding hydrogens is 224 g/mol. The van der Waals surface area contributed by atoms with Gasteiger partial charge < -0.3 is 14.9 Å². The van der Waals surface area contributed by atoms with Crippen LogP contribution in [-0.4, -0.2) is 41.3 Å². The molecule has 0 rings (SSSR count). The number of Topliss-reactive ketones (excluding diaryl/α,β-unsaturated/α-hetero) is 1. The molecule has 1 atom stereocenters. The number of aliphatic hydroxyl groups excluding tert-OH is 2. The molecule has 0 heterocycles. The largest absolute Gasteiger partial charge is 0.459 e. The highest BCUT2D eigenvalue weighted by Crippen LogP contribution is 2.12. The molecule has 0 aromatic carbocycles. The third-order valence-electron chi connectivity index (χ3n) is 2.24. The molecule has 2 N–H and O–H groups in total. The highest BCUT2D eigenvalue weighted by atomic mass is 16.5. The van der Waals surface area contributed by atoms with E-state index in [-0.39, 0.29) is 18.8 Å². The van der Waals surface area contributed by atoms with Crippen LogP contribution in [-0.2, 0) is 14.3 Å². The summed E-state index contributed by atoms with van der Waals surface area (Å²) in [6.45, 7) is 4.44. The first kappa shape index (κ1) is 15.8. The second-order valence-electron chi connectivity index (χ2n) is 3.98. The summed E-state index contributed by atoms with van der Waals surface area (Å²) in [4.78, 5) is 22.9. The summed E-state index contributed by atoms with van der Waals surface area (Å²) in [6.07, 6.45) is -0.671. The first-order valence-electron chi connectivity index (χ1n) is 5.56. The molecule has 0 aromatic rings. The fourth-order valence-corrected chi connectivity index (χ4v) is 1.09. The molecule has 17 heavy (non-hydrogen) atoms. The predicted molar refractivity (Wildman–Crippen MR) is 62.3 cm³/mol. The average molecular weight is 244 g/mol. The monoisotopic (exact) mass is 244 g/mol. The lowest BCUT2D eigenvalue weighted by atomic mass is 10.0. The lowest BCUT2D eigenvalue weighted by Gasteiger charge is -2.11. The summed E-state index contributed by atoms with van der Waals surface area (Å²) in [5.74, 6) is -0.653. The van der Waals surface area contributed by atoms with Crippen LogP contribution < -0.4 is 0 Å². The second kappa shape index (κ2) is 7.97. The van der Waals surface area contributed by atoms with Crippen molar-refractivity contribution in [3.63, 3.8) is 0 Å². The van der Waals surface area contributed by atoms with Crippen LogP contribution in [0.5, 0.6) is 0 Å². The number of aliphatic hydroxyl groups is 2. The molecule has 5 heteroatoms. The van der Waals surface area contributed by atoms with E-state index in [0.717, 1.165) is 5.57 Å². The van der Waals surface area contributed by atoms with E-state index in [1.165, 1.54) is 0 Å². The van der Waals surface area contributed by atoms with E-state index in [2.05, 4.69) is 0 Å². The number of carbonyl (C=O) groups is 2. The van der Waals surface area contributed by atoms with Crippen LogP contribution in [0.25, 0.3) is 0 Å². The van der Waals surface area contributed by atoms with Gasteiger partial charge in [-0.05, 0) is 13.8 Å². The Labute approximate surface area is 101 Å². The van der Waals surface area contributed by atoms with Gasteiger partial charge in [-0.2, -0.15) is 0 Å². The van der Waals surface area contributed by atoms with Gasteiger partial charge in [0.05, 0.1) is 6.61 Å². The van der Waals surface area contributed by atoms with E-state index in [0.29, 0.717) is 12.0 Å². The van der Waals surface area contributed by atoms with Gasteiger partial charge >= 0.3 is 5.97 Å². The molecule has 0 aromatic heterocycles. The highest BCUT2D eigenvalue weighted by Gasteiger charge is 2.17. The zero-order valence-corrected chi connectivity index (χ0v) is 10.5. The summed E-state index contributed by atoms with van der Waals surface area (Å²) in [7, 11) is 0. The average Bonchev–Trinajstić information content (AvgIpc) is 2.31. The molecule has 1 unspecified atom stereocenters. The lowest BCUT2D eigenvalue weighted by molar-refractivity contribution is -0.143.